The number of hydrogen-bond acceptors (Lipinski definition) is 5. The highest BCUT2D eigenvalue weighted by atomic mass is 16.5. The molecular weight excluding hydrogens is 376 g/mol. The summed E-state index contributed by atoms with van der Waals surface area (Å²) in [6, 6.07) is 18.1. The number of para-hydroxylation sites is 1. The Kier molecular flexibility index (Phi) is 7.26. The largest absolute Gasteiger partial charge is 0.492 e. The van der Waals surface area contributed by atoms with Crippen molar-refractivity contribution in [1.29, 1.82) is 0 Å². The van der Waals surface area contributed by atoms with Gasteiger partial charge < -0.3 is 14.6 Å². The minimum Gasteiger partial charge on any atom is -0.492 e. The van der Waals surface area contributed by atoms with Gasteiger partial charge in [0.1, 0.15) is 30.3 Å². The van der Waals surface area contributed by atoms with Gasteiger partial charge in [0, 0.05) is 19.6 Å². The molecule has 162 valence electrons. The zero-order chi connectivity index (χ0) is 20.7. The molecule has 0 radical (unpaired) electrons. The summed E-state index contributed by atoms with van der Waals surface area (Å²) >= 11 is 0. The van der Waals surface area contributed by atoms with E-state index >= 15 is 0 Å². The van der Waals surface area contributed by atoms with E-state index in [9.17, 15) is 5.11 Å². The summed E-state index contributed by atoms with van der Waals surface area (Å²) in [6.45, 7) is 6.98. The summed E-state index contributed by atoms with van der Waals surface area (Å²) in [5.41, 5.74) is 0.447. The van der Waals surface area contributed by atoms with Gasteiger partial charge >= 0.3 is 0 Å². The summed E-state index contributed by atoms with van der Waals surface area (Å²) in [4.78, 5) is 4.79. The van der Waals surface area contributed by atoms with Crippen LogP contribution in [0.3, 0.4) is 0 Å². The number of piperidine rings is 1. The average molecular weight is 411 g/mol. The maximum atomic E-state index is 11.0. The highest BCUT2D eigenvalue weighted by molar-refractivity contribution is 5.27. The van der Waals surface area contributed by atoms with Crippen LogP contribution in [0, 0.1) is 0 Å². The molecule has 2 saturated heterocycles. The summed E-state index contributed by atoms with van der Waals surface area (Å²) in [5.74, 6) is 1.74. The lowest BCUT2D eigenvalue weighted by molar-refractivity contribution is -0.0621. The second kappa shape index (κ2) is 10.3. The van der Waals surface area contributed by atoms with Gasteiger partial charge in [-0.05, 0) is 75.1 Å². The molecule has 2 aromatic rings. The number of rotatable bonds is 9. The molecular formula is C25H34N2O3. The van der Waals surface area contributed by atoms with Gasteiger partial charge in [0.05, 0.1) is 0 Å². The Bertz CT molecular complexity index is 762. The average Bonchev–Trinajstić information content (AvgIpc) is 3.28. The molecule has 30 heavy (non-hydrogen) atoms. The van der Waals surface area contributed by atoms with E-state index in [2.05, 4.69) is 34.1 Å². The topological polar surface area (TPSA) is 45.2 Å². The van der Waals surface area contributed by atoms with E-state index < -0.39 is 5.60 Å². The van der Waals surface area contributed by atoms with Crippen molar-refractivity contribution in [1.82, 2.24) is 9.80 Å². The molecule has 0 spiro atoms. The van der Waals surface area contributed by atoms with E-state index in [0.29, 0.717) is 13.2 Å². The van der Waals surface area contributed by atoms with Gasteiger partial charge in [-0.25, -0.2) is 0 Å². The molecule has 0 bridgehead atoms. The van der Waals surface area contributed by atoms with Gasteiger partial charge in [-0.3, -0.25) is 9.80 Å². The van der Waals surface area contributed by atoms with Gasteiger partial charge in [0.15, 0.2) is 0 Å². The van der Waals surface area contributed by atoms with Crippen LogP contribution in [-0.2, 0) is 6.54 Å². The lowest BCUT2D eigenvalue weighted by Crippen LogP contribution is -2.51. The first kappa shape index (κ1) is 21.2. The summed E-state index contributed by atoms with van der Waals surface area (Å²) in [7, 11) is 0. The van der Waals surface area contributed by atoms with Crippen molar-refractivity contribution in [2.24, 2.45) is 0 Å². The van der Waals surface area contributed by atoms with Crippen LogP contribution >= 0.6 is 0 Å². The molecule has 5 nitrogen and oxygen atoms in total. The zero-order valence-corrected chi connectivity index (χ0v) is 17.8. The quantitative estimate of drug-likeness (QED) is 0.685. The smallest absolute Gasteiger partial charge is 0.119 e. The van der Waals surface area contributed by atoms with Crippen LogP contribution in [0.25, 0.3) is 0 Å². The fraction of sp³-hybridized carbons (Fsp3) is 0.520. The van der Waals surface area contributed by atoms with Crippen molar-refractivity contribution < 1.29 is 14.6 Å². The molecule has 2 aliphatic rings. The Hall–Kier alpha value is -2.08. The van der Waals surface area contributed by atoms with Crippen LogP contribution in [0.1, 0.15) is 31.2 Å². The lowest BCUT2D eigenvalue weighted by Gasteiger charge is -2.39. The number of benzene rings is 2. The van der Waals surface area contributed by atoms with Crippen LogP contribution in [0.5, 0.6) is 11.5 Å². The molecule has 4 rings (SSSR count). The third kappa shape index (κ3) is 6.21. The lowest BCUT2D eigenvalue weighted by atomic mass is 9.93. The molecule has 1 N–H and O–H groups in total. The van der Waals surface area contributed by atoms with E-state index in [0.717, 1.165) is 50.6 Å². The van der Waals surface area contributed by atoms with E-state index in [1.807, 2.05) is 30.3 Å². The molecule has 2 aliphatic heterocycles. The van der Waals surface area contributed by atoms with Crippen molar-refractivity contribution in [2.45, 2.75) is 37.8 Å². The fourth-order valence-electron chi connectivity index (χ4n) is 4.44. The van der Waals surface area contributed by atoms with Crippen molar-refractivity contribution in [3.05, 3.63) is 60.2 Å². The van der Waals surface area contributed by atoms with Crippen LogP contribution in [0.4, 0.5) is 0 Å². The predicted molar refractivity (Wildman–Crippen MR) is 119 cm³/mol. The molecule has 2 heterocycles. The standard InChI is InChI=1S/C25H34N2O3/c28-25(21-30-23-7-2-1-3-8-23)13-6-16-27(20-25)19-22-9-11-24(12-10-22)29-18-17-26-14-4-5-15-26/h1-3,7-12,28H,4-6,13-21H2/t25-/m1/s1. The first-order valence-electron chi connectivity index (χ1n) is 11.3. The minimum atomic E-state index is -0.799. The van der Waals surface area contributed by atoms with E-state index in [1.165, 1.54) is 31.5 Å². The number of nitrogens with zero attached hydrogens (tertiary/aromatic N) is 2. The summed E-state index contributed by atoms with van der Waals surface area (Å²) in [6.07, 6.45) is 4.39. The van der Waals surface area contributed by atoms with Crippen molar-refractivity contribution >= 4 is 0 Å². The van der Waals surface area contributed by atoms with Crippen LogP contribution < -0.4 is 9.47 Å². The Balaban J connectivity index is 1.23. The Morgan fingerprint density at radius 2 is 1.50 bits per heavy atom. The van der Waals surface area contributed by atoms with E-state index in [-0.39, 0.29) is 0 Å². The molecule has 2 aromatic carbocycles. The molecule has 5 heteroatoms. The normalized spacial score (nSPS) is 22.8. The maximum Gasteiger partial charge on any atom is 0.119 e. The predicted octanol–water partition coefficient (Wildman–Crippen LogP) is 3.57. The van der Waals surface area contributed by atoms with Gasteiger partial charge in [0.2, 0.25) is 0 Å². The van der Waals surface area contributed by atoms with Gasteiger partial charge in [-0.1, -0.05) is 30.3 Å². The van der Waals surface area contributed by atoms with Gasteiger partial charge in [-0.2, -0.15) is 0 Å². The molecule has 0 unspecified atom stereocenters. The second-order valence-electron chi connectivity index (χ2n) is 8.68. The number of ether oxygens (including phenoxy) is 2. The van der Waals surface area contributed by atoms with Gasteiger partial charge in [-0.15, -0.1) is 0 Å². The maximum absolute atomic E-state index is 11.0. The second-order valence-corrected chi connectivity index (χ2v) is 8.68. The summed E-state index contributed by atoms with van der Waals surface area (Å²) < 4.78 is 11.7. The van der Waals surface area contributed by atoms with Gasteiger partial charge in [0.25, 0.3) is 0 Å². The van der Waals surface area contributed by atoms with Crippen LogP contribution in [0.15, 0.2) is 54.6 Å². The highest BCUT2D eigenvalue weighted by Gasteiger charge is 2.34. The molecule has 0 amide bonds. The zero-order valence-electron chi connectivity index (χ0n) is 17.8. The van der Waals surface area contributed by atoms with Crippen LogP contribution in [0.2, 0.25) is 0 Å². The number of hydrogen-bond donors (Lipinski definition) is 1. The first-order valence-corrected chi connectivity index (χ1v) is 11.3. The number of likely N-dealkylation sites (tertiary alicyclic amines) is 2. The first-order chi connectivity index (χ1) is 14.7. The van der Waals surface area contributed by atoms with Crippen molar-refractivity contribution in [3.8, 4) is 11.5 Å². The highest BCUT2D eigenvalue weighted by Crippen LogP contribution is 2.24. The molecule has 1 atom stereocenters. The Morgan fingerprint density at radius 3 is 2.27 bits per heavy atom. The molecule has 0 aromatic heterocycles. The number of β-amino-alcohol motifs (C(OH)–C–C–N with tert-alkyl or cyclic N) is 1. The monoisotopic (exact) mass is 410 g/mol. The van der Waals surface area contributed by atoms with Crippen molar-refractivity contribution in [2.75, 3.05) is 45.9 Å². The fourth-order valence-corrected chi connectivity index (χ4v) is 4.44. The van der Waals surface area contributed by atoms with E-state index in [1.54, 1.807) is 0 Å². The van der Waals surface area contributed by atoms with Crippen molar-refractivity contribution in [3.63, 3.8) is 0 Å². The van der Waals surface area contributed by atoms with E-state index in [4.69, 9.17) is 9.47 Å². The summed E-state index contributed by atoms with van der Waals surface area (Å²) in [5, 5.41) is 11.0. The third-order valence-corrected chi connectivity index (χ3v) is 6.09. The van der Waals surface area contributed by atoms with Crippen LogP contribution in [-0.4, -0.2) is 66.4 Å². The number of aliphatic hydroxyl groups is 1. The minimum absolute atomic E-state index is 0.331. The molecule has 0 saturated carbocycles. The molecule has 0 aliphatic carbocycles. The third-order valence-electron chi connectivity index (χ3n) is 6.09. The Morgan fingerprint density at radius 1 is 0.800 bits per heavy atom. The Labute approximate surface area is 180 Å². The SMILES string of the molecule is O[C@]1(COc2ccccc2)CCCN(Cc2ccc(OCCN3CCCC3)cc2)C1. The molecule has 2 fully saturated rings.